The second kappa shape index (κ2) is 4.24. The summed E-state index contributed by atoms with van der Waals surface area (Å²) in [6, 6.07) is 0. The zero-order valence-corrected chi connectivity index (χ0v) is 7.24. The molecule has 0 atom stereocenters. The molecular weight excluding hydrogens is 170 g/mol. The topological polar surface area (TPSA) is 92.9 Å². The van der Waals surface area contributed by atoms with Crippen LogP contribution in [0.1, 0.15) is 0 Å². The Morgan fingerprint density at radius 2 is 2.31 bits per heavy atom. The molecular formula is C7H11N5O. The Morgan fingerprint density at radius 1 is 1.54 bits per heavy atom. The van der Waals surface area contributed by atoms with E-state index in [1.165, 1.54) is 12.4 Å². The van der Waals surface area contributed by atoms with Crippen LogP contribution in [0.4, 0.5) is 11.6 Å². The van der Waals surface area contributed by atoms with E-state index in [1.807, 2.05) is 0 Å². The zero-order valence-electron chi connectivity index (χ0n) is 7.24. The number of likely N-dealkylation sites (N-methyl/N-ethyl adjacent to an activating group) is 1. The van der Waals surface area contributed by atoms with Crippen LogP contribution in [-0.4, -0.2) is 29.5 Å². The molecule has 0 aromatic carbocycles. The van der Waals surface area contributed by atoms with Gasteiger partial charge in [0.25, 0.3) is 0 Å². The average Bonchev–Trinajstić information content (AvgIpc) is 2.16. The summed E-state index contributed by atoms with van der Waals surface area (Å²) < 4.78 is 0. The fourth-order valence-corrected chi connectivity index (χ4v) is 0.689. The number of nitrogens with one attached hydrogen (secondary N) is 2. The highest BCUT2D eigenvalue weighted by molar-refractivity contribution is 5.79. The predicted octanol–water partition coefficient (Wildman–Crippen LogP) is -0.783. The third-order valence-corrected chi connectivity index (χ3v) is 1.38. The molecule has 1 rings (SSSR count). The smallest absolute Gasteiger partial charge is 0.239 e. The summed E-state index contributed by atoms with van der Waals surface area (Å²) in [4.78, 5) is 18.5. The summed E-state index contributed by atoms with van der Waals surface area (Å²) in [7, 11) is 1.57. The maximum absolute atomic E-state index is 10.8. The number of anilines is 2. The number of hydrogen-bond donors (Lipinski definition) is 3. The Balaban J connectivity index is 2.46. The molecule has 13 heavy (non-hydrogen) atoms. The van der Waals surface area contributed by atoms with Crippen molar-refractivity contribution >= 4 is 17.5 Å². The standard InChI is InChI=1S/C7H11N5O/c1-9-7(13)4-12-6-3-10-5(8)2-11-6/h2-3H,4H2,1H3,(H2,8,10)(H,9,13)(H,11,12). The number of carbonyl (C=O) groups excluding carboxylic acids is 1. The van der Waals surface area contributed by atoms with Gasteiger partial charge in [-0.2, -0.15) is 0 Å². The molecule has 1 aromatic rings. The molecule has 1 aromatic heterocycles. The molecule has 70 valence electrons. The van der Waals surface area contributed by atoms with Crippen molar-refractivity contribution in [3.8, 4) is 0 Å². The van der Waals surface area contributed by atoms with Gasteiger partial charge in [0.2, 0.25) is 5.91 Å². The van der Waals surface area contributed by atoms with Gasteiger partial charge in [0.15, 0.2) is 0 Å². The van der Waals surface area contributed by atoms with Gasteiger partial charge in [0.05, 0.1) is 18.9 Å². The normalized spacial score (nSPS) is 9.31. The summed E-state index contributed by atoms with van der Waals surface area (Å²) in [6.07, 6.45) is 2.89. The van der Waals surface area contributed by atoms with Crippen LogP contribution in [0.3, 0.4) is 0 Å². The van der Waals surface area contributed by atoms with Crippen molar-refractivity contribution in [2.75, 3.05) is 24.6 Å². The van der Waals surface area contributed by atoms with E-state index < -0.39 is 0 Å². The van der Waals surface area contributed by atoms with E-state index in [9.17, 15) is 4.79 Å². The number of aromatic nitrogens is 2. The van der Waals surface area contributed by atoms with Crippen molar-refractivity contribution in [3.05, 3.63) is 12.4 Å². The fraction of sp³-hybridized carbons (Fsp3) is 0.286. The third kappa shape index (κ3) is 2.94. The fourth-order valence-electron chi connectivity index (χ4n) is 0.689. The summed E-state index contributed by atoms with van der Waals surface area (Å²) in [5.41, 5.74) is 5.33. The van der Waals surface area contributed by atoms with Crippen molar-refractivity contribution in [3.63, 3.8) is 0 Å². The van der Waals surface area contributed by atoms with Crippen LogP contribution in [0.2, 0.25) is 0 Å². The van der Waals surface area contributed by atoms with Crippen molar-refractivity contribution in [2.24, 2.45) is 0 Å². The quantitative estimate of drug-likeness (QED) is 0.568. The molecule has 6 nitrogen and oxygen atoms in total. The molecule has 4 N–H and O–H groups in total. The van der Waals surface area contributed by atoms with Gasteiger partial charge in [-0.15, -0.1) is 0 Å². The number of carbonyl (C=O) groups is 1. The second-order valence-corrected chi connectivity index (χ2v) is 2.35. The van der Waals surface area contributed by atoms with Crippen molar-refractivity contribution in [1.82, 2.24) is 15.3 Å². The number of rotatable bonds is 3. The van der Waals surface area contributed by atoms with Gasteiger partial charge in [0.1, 0.15) is 11.6 Å². The summed E-state index contributed by atoms with van der Waals surface area (Å²) in [5.74, 6) is 0.766. The molecule has 6 heteroatoms. The van der Waals surface area contributed by atoms with E-state index in [0.717, 1.165) is 0 Å². The van der Waals surface area contributed by atoms with Gasteiger partial charge < -0.3 is 16.4 Å². The van der Waals surface area contributed by atoms with Crippen LogP contribution < -0.4 is 16.4 Å². The Bertz CT molecular complexity index is 283. The second-order valence-electron chi connectivity index (χ2n) is 2.35. The number of amides is 1. The van der Waals surface area contributed by atoms with Crippen LogP contribution in [0.25, 0.3) is 0 Å². The van der Waals surface area contributed by atoms with E-state index in [2.05, 4.69) is 20.6 Å². The lowest BCUT2D eigenvalue weighted by Crippen LogP contribution is -2.26. The lowest BCUT2D eigenvalue weighted by Gasteiger charge is -2.03. The first-order valence-corrected chi connectivity index (χ1v) is 3.74. The highest BCUT2D eigenvalue weighted by Crippen LogP contribution is 2.00. The molecule has 1 amide bonds. The molecule has 0 fully saturated rings. The van der Waals surface area contributed by atoms with E-state index in [-0.39, 0.29) is 12.5 Å². The van der Waals surface area contributed by atoms with Crippen molar-refractivity contribution in [2.45, 2.75) is 0 Å². The molecule has 0 saturated heterocycles. The van der Waals surface area contributed by atoms with Gasteiger partial charge >= 0.3 is 0 Å². The summed E-state index contributed by atoms with van der Waals surface area (Å²) >= 11 is 0. The molecule has 0 unspecified atom stereocenters. The van der Waals surface area contributed by atoms with Crippen LogP contribution in [0.5, 0.6) is 0 Å². The Morgan fingerprint density at radius 3 is 2.85 bits per heavy atom. The van der Waals surface area contributed by atoms with Gasteiger partial charge in [-0.1, -0.05) is 0 Å². The van der Waals surface area contributed by atoms with E-state index in [1.54, 1.807) is 7.05 Å². The van der Waals surface area contributed by atoms with Crippen molar-refractivity contribution < 1.29 is 4.79 Å². The largest absolute Gasteiger partial charge is 0.382 e. The molecule has 0 aliphatic rings. The number of nitrogens with two attached hydrogens (primary N) is 1. The maximum atomic E-state index is 10.8. The van der Waals surface area contributed by atoms with Gasteiger partial charge in [-0.3, -0.25) is 4.79 Å². The van der Waals surface area contributed by atoms with Crippen LogP contribution in [-0.2, 0) is 4.79 Å². The highest BCUT2D eigenvalue weighted by Gasteiger charge is 1.98. The summed E-state index contributed by atoms with van der Waals surface area (Å²) in [6.45, 7) is 0.176. The Hall–Kier alpha value is -1.85. The average molecular weight is 181 g/mol. The number of nitrogen functional groups attached to an aromatic ring is 1. The SMILES string of the molecule is CNC(=O)CNc1cnc(N)cn1. The first kappa shape index (κ1) is 9.24. The van der Waals surface area contributed by atoms with E-state index in [4.69, 9.17) is 5.73 Å². The molecule has 0 spiro atoms. The van der Waals surface area contributed by atoms with E-state index >= 15 is 0 Å². The minimum absolute atomic E-state index is 0.112. The first-order valence-electron chi connectivity index (χ1n) is 3.74. The van der Waals surface area contributed by atoms with Gasteiger partial charge in [-0.05, 0) is 0 Å². The van der Waals surface area contributed by atoms with Crippen LogP contribution >= 0.6 is 0 Å². The molecule has 0 radical (unpaired) electrons. The third-order valence-electron chi connectivity index (χ3n) is 1.38. The molecule has 1 heterocycles. The number of hydrogen-bond acceptors (Lipinski definition) is 5. The molecule has 0 saturated carbocycles. The lowest BCUT2D eigenvalue weighted by atomic mass is 10.5. The zero-order chi connectivity index (χ0) is 9.68. The summed E-state index contributed by atoms with van der Waals surface area (Å²) in [5, 5.41) is 5.25. The number of nitrogens with zero attached hydrogens (tertiary/aromatic N) is 2. The minimum Gasteiger partial charge on any atom is -0.382 e. The monoisotopic (exact) mass is 181 g/mol. The maximum Gasteiger partial charge on any atom is 0.239 e. The molecule has 0 bridgehead atoms. The predicted molar refractivity (Wildman–Crippen MR) is 49.0 cm³/mol. The van der Waals surface area contributed by atoms with Crippen LogP contribution in [0.15, 0.2) is 12.4 Å². The highest BCUT2D eigenvalue weighted by atomic mass is 16.1. The van der Waals surface area contributed by atoms with Gasteiger partial charge in [-0.25, -0.2) is 9.97 Å². The Kier molecular flexibility index (Phi) is 3.02. The molecule has 0 aliphatic heterocycles. The Labute approximate surface area is 75.6 Å². The van der Waals surface area contributed by atoms with E-state index in [0.29, 0.717) is 11.6 Å². The minimum atomic E-state index is -0.112. The molecule has 0 aliphatic carbocycles. The van der Waals surface area contributed by atoms with Crippen molar-refractivity contribution in [1.29, 1.82) is 0 Å². The first-order chi connectivity index (χ1) is 6.22. The lowest BCUT2D eigenvalue weighted by molar-refractivity contribution is -0.118. The van der Waals surface area contributed by atoms with Gasteiger partial charge in [0, 0.05) is 7.05 Å². The van der Waals surface area contributed by atoms with Crippen LogP contribution in [0, 0.1) is 0 Å².